The molecule has 1 aliphatic rings. The summed E-state index contributed by atoms with van der Waals surface area (Å²) in [5, 5.41) is 8.88. The molecule has 0 spiro atoms. The predicted molar refractivity (Wildman–Crippen MR) is 103 cm³/mol. The van der Waals surface area contributed by atoms with Crippen LogP contribution in [0.1, 0.15) is 20.7 Å². The van der Waals surface area contributed by atoms with E-state index in [1.165, 1.54) is 35.9 Å². The molecule has 0 saturated carbocycles. The van der Waals surface area contributed by atoms with Crippen molar-refractivity contribution in [2.45, 2.75) is 4.90 Å². The van der Waals surface area contributed by atoms with Crippen molar-refractivity contribution in [3.05, 3.63) is 46.7 Å². The van der Waals surface area contributed by atoms with Crippen LogP contribution in [0.25, 0.3) is 0 Å². The van der Waals surface area contributed by atoms with Gasteiger partial charge in [-0.1, -0.05) is 11.6 Å². The first-order valence-electron chi connectivity index (χ1n) is 8.42. The molecule has 1 saturated heterocycles. The van der Waals surface area contributed by atoms with Gasteiger partial charge in [-0.05, 0) is 18.2 Å². The number of methoxy groups -OCH3 is 1. The van der Waals surface area contributed by atoms with Crippen LogP contribution in [-0.2, 0) is 14.8 Å². The molecule has 2 heterocycles. The number of sulfonamides is 1. The zero-order chi connectivity index (χ0) is 21.2. The van der Waals surface area contributed by atoms with Crippen molar-refractivity contribution in [2.24, 2.45) is 0 Å². The molecular formula is C17H17ClN4O6S. The number of rotatable bonds is 5. The van der Waals surface area contributed by atoms with Gasteiger partial charge < -0.3 is 14.7 Å². The first-order valence-corrected chi connectivity index (χ1v) is 10.2. The Morgan fingerprint density at radius 2 is 1.76 bits per heavy atom. The maximum atomic E-state index is 12.8. The lowest BCUT2D eigenvalue weighted by Crippen LogP contribution is -2.49. The van der Waals surface area contributed by atoms with Gasteiger partial charge in [0, 0.05) is 38.6 Å². The van der Waals surface area contributed by atoms with Gasteiger partial charge in [0.2, 0.25) is 16.0 Å². The van der Waals surface area contributed by atoms with Crippen LogP contribution >= 0.6 is 11.6 Å². The Morgan fingerprint density at radius 3 is 2.28 bits per heavy atom. The summed E-state index contributed by atoms with van der Waals surface area (Å²) < 4.78 is 31.6. The van der Waals surface area contributed by atoms with Gasteiger partial charge in [0.15, 0.2) is 0 Å². The summed E-state index contributed by atoms with van der Waals surface area (Å²) >= 11 is 5.90. The average Bonchev–Trinajstić information content (AvgIpc) is 2.73. The maximum absolute atomic E-state index is 12.8. The van der Waals surface area contributed by atoms with Crippen molar-refractivity contribution in [3.63, 3.8) is 0 Å². The van der Waals surface area contributed by atoms with E-state index in [0.717, 1.165) is 6.07 Å². The normalized spacial score (nSPS) is 15.2. The standard InChI is InChI=1S/C17H17ClN4O6S/c1-28-16(25)11-9-19-17(20-10-11)21-4-6-22(7-5-21)29(26,27)12-2-3-13(15(23)24)14(18)8-12/h2-3,8-10H,4-7H2,1H3,(H,23,24). The number of halogens is 1. The van der Waals surface area contributed by atoms with Gasteiger partial charge in [0.05, 0.1) is 28.2 Å². The quantitative estimate of drug-likeness (QED) is 0.679. The molecule has 12 heteroatoms. The van der Waals surface area contributed by atoms with Crippen molar-refractivity contribution in [3.8, 4) is 0 Å². The average molecular weight is 441 g/mol. The van der Waals surface area contributed by atoms with E-state index >= 15 is 0 Å². The SMILES string of the molecule is COC(=O)c1cnc(N2CCN(S(=O)(=O)c3ccc(C(=O)O)c(Cl)c3)CC2)nc1. The number of carbonyl (C=O) groups is 2. The third-order valence-corrected chi connectivity index (χ3v) is 6.60. The van der Waals surface area contributed by atoms with E-state index in [1.54, 1.807) is 4.90 Å². The minimum Gasteiger partial charge on any atom is -0.478 e. The Labute approximate surface area is 171 Å². The van der Waals surface area contributed by atoms with E-state index in [2.05, 4.69) is 14.7 Å². The minimum atomic E-state index is -3.83. The second-order valence-corrected chi connectivity index (χ2v) is 8.45. The molecule has 1 fully saturated rings. The van der Waals surface area contributed by atoms with Crippen LogP contribution in [0.4, 0.5) is 5.95 Å². The van der Waals surface area contributed by atoms with Crippen molar-refractivity contribution >= 4 is 39.5 Å². The van der Waals surface area contributed by atoms with Gasteiger partial charge in [0.25, 0.3) is 0 Å². The van der Waals surface area contributed by atoms with Crippen LogP contribution in [0.3, 0.4) is 0 Å². The molecule has 2 aromatic rings. The molecule has 0 radical (unpaired) electrons. The number of carbonyl (C=O) groups excluding carboxylic acids is 1. The fourth-order valence-corrected chi connectivity index (χ4v) is 4.59. The summed E-state index contributed by atoms with van der Waals surface area (Å²) in [5.41, 5.74) is 0.0575. The largest absolute Gasteiger partial charge is 0.478 e. The van der Waals surface area contributed by atoms with E-state index in [-0.39, 0.29) is 34.1 Å². The molecular weight excluding hydrogens is 424 g/mol. The lowest BCUT2D eigenvalue weighted by molar-refractivity contribution is 0.0598. The minimum absolute atomic E-state index is 0.0698. The summed E-state index contributed by atoms with van der Waals surface area (Å²) in [4.78, 5) is 32.5. The van der Waals surface area contributed by atoms with Crippen LogP contribution in [-0.4, -0.2) is 73.0 Å². The summed E-state index contributed by atoms with van der Waals surface area (Å²) in [6, 6.07) is 3.54. The number of piperazine rings is 1. The molecule has 1 aromatic heterocycles. The smallest absolute Gasteiger partial charge is 0.341 e. The highest BCUT2D eigenvalue weighted by molar-refractivity contribution is 7.89. The Kier molecular flexibility index (Phi) is 6.01. The summed E-state index contributed by atoms with van der Waals surface area (Å²) in [5.74, 6) is -1.39. The maximum Gasteiger partial charge on any atom is 0.341 e. The number of hydrogen-bond donors (Lipinski definition) is 1. The number of hydrogen-bond acceptors (Lipinski definition) is 8. The van der Waals surface area contributed by atoms with E-state index in [4.69, 9.17) is 16.7 Å². The first kappa shape index (κ1) is 21.0. The number of carboxylic acid groups (broad SMARTS) is 1. The van der Waals surface area contributed by atoms with Crippen molar-refractivity contribution in [2.75, 3.05) is 38.2 Å². The number of anilines is 1. The molecule has 0 unspecified atom stereocenters. The fourth-order valence-electron chi connectivity index (χ4n) is 2.82. The van der Waals surface area contributed by atoms with Crippen LogP contribution in [0.15, 0.2) is 35.5 Å². The van der Waals surface area contributed by atoms with Crippen LogP contribution < -0.4 is 4.90 Å². The van der Waals surface area contributed by atoms with E-state index in [1.807, 2.05) is 0 Å². The number of ether oxygens (including phenoxy) is 1. The second kappa shape index (κ2) is 8.31. The second-order valence-electron chi connectivity index (χ2n) is 6.10. The highest BCUT2D eigenvalue weighted by atomic mass is 35.5. The third kappa shape index (κ3) is 4.31. The van der Waals surface area contributed by atoms with Crippen LogP contribution in [0.5, 0.6) is 0 Å². The topological polar surface area (TPSA) is 130 Å². The Balaban J connectivity index is 1.70. The molecule has 0 bridgehead atoms. The zero-order valence-electron chi connectivity index (χ0n) is 15.3. The van der Waals surface area contributed by atoms with Gasteiger partial charge in [-0.25, -0.2) is 28.0 Å². The van der Waals surface area contributed by atoms with Gasteiger partial charge in [-0.3, -0.25) is 0 Å². The number of aromatic nitrogens is 2. The monoisotopic (exact) mass is 440 g/mol. The molecule has 154 valence electrons. The molecule has 29 heavy (non-hydrogen) atoms. The molecule has 1 N–H and O–H groups in total. The van der Waals surface area contributed by atoms with E-state index in [9.17, 15) is 18.0 Å². The molecule has 0 amide bonds. The number of nitrogens with zero attached hydrogens (tertiary/aromatic N) is 4. The zero-order valence-corrected chi connectivity index (χ0v) is 16.9. The predicted octanol–water partition coefficient (Wildman–Crippen LogP) is 1.13. The Morgan fingerprint density at radius 1 is 1.14 bits per heavy atom. The van der Waals surface area contributed by atoms with E-state index in [0.29, 0.717) is 19.0 Å². The number of aromatic carboxylic acids is 1. The highest BCUT2D eigenvalue weighted by Gasteiger charge is 2.30. The number of benzene rings is 1. The number of carboxylic acids is 1. The molecule has 10 nitrogen and oxygen atoms in total. The molecule has 0 atom stereocenters. The fraction of sp³-hybridized carbons (Fsp3) is 0.294. The van der Waals surface area contributed by atoms with Crippen molar-refractivity contribution in [1.29, 1.82) is 0 Å². The third-order valence-electron chi connectivity index (χ3n) is 4.39. The van der Waals surface area contributed by atoms with Crippen molar-refractivity contribution < 1.29 is 27.9 Å². The summed E-state index contributed by atoms with van der Waals surface area (Å²) in [6.07, 6.45) is 2.70. The molecule has 0 aliphatic carbocycles. The van der Waals surface area contributed by atoms with Gasteiger partial charge in [-0.15, -0.1) is 0 Å². The van der Waals surface area contributed by atoms with Gasteiger partial charge in [-0.2, -0.15) is 4.31 Å². The lowest BCUT2D eigenvalue weighted by Gasteiger charge is -2.34. The highest BCUT2D eigenvalue weighted by Crippen LogP contribution is 2.24. The van der Waals surface area contributed by atoms with Gasteiger partial charge in [0.1, 0.15) is 0 Å². The lowest BCUT2D eigenvalue weighted by atomic mass is 10.2. The molecule has 3 rings (SSSR count). The van der Waals surface area contributed by atoms with Crippen LogP contribution in [0.2, 0.25) is 5.02 Å². The summed E-state index contributed by atoms with van der Waals surface area (Å²) in [7, 11) is -2.56. The molecule has 1 aromatic carbocycles. The Hall–Kier alpha value is -2.76. The first-order chi connectivity index (χ1) is 13.7. The summed E-state index contributed by atoms with van der Waals surface area (Å²) in [6.45, 7) is 1.06. The van der Waals surface area contributed by atoms with Gasteiger partial charge >= 0.3 is 11.9 Å². The molecule has 1 aliphatic heterocycles. The van der Waals surface area contributed by atoms with Crippen molar-refractivity contribution in [1.82, 2.24) is 14.3 Å². The van der Waals surface area contributed by atoms with Crippen LogP contribution in [0, 0.1) is 0 Å². The number of esters is 1. The van der Waals surface area contributed by atoms with E-state index < -0.39 is 22.0 Å². The Bertz CT molecular complexity index is 1040.